The first-order valence-corrected chi connectivity index (χ1v) is 5.90. The van der Waals surface area contributed by atoms with Crippen molar-refractivity contribution in [1.29, 1.82) is 0 Å². The van der Waals surface area contributed by atoms with E-state index in [1.165, 1.54) is 12.1 Å². The number of hydrogen-bond donors (Lipinski definition) is 2. The molecular weight excluding hydrogens is 259 g/mol. The van der Waals surface area contributed by atoms with E-state index in [9.17, 15) is 18.0 Å². The van der Waals surface area contributed by atoms with Crippen LogP contribution in [0.4, 0.5) is 13.2 Å². The van der Waals surface area contributed by atoms with Gasteiger partial charge in [0.2, 0.25) is 0 Å². The van der Waals surface area contributed by atoms with Gasteiger partial charge in [0.15, 0.2) is 0 Å². The first-order chi connectivity index (χ1) is 8.75. The molecule has 0 aromatic heterocycles. The van der Waals surface area contributed by atoms with E-state index in [0.29, 0.717) is 12.0 Å². The Morgan fingerprint density at radius 2 is 1.84 bits per heavy atom. The third-order valence-corrected chi connectivity index (χ3v) is 3.05. The Kier molecular flexibility index (Phi) is 4.94. The van der Waals surface area contributed by atoms with Crippen molar-refractivity contribution in [2.45, 2.75) is 37.9 Å². The maximum atomic E-state index is 12.4. The molecule has 0 saturated heterocycles. The van der Waals surface area contributed by atoms with Crippen LogP contribution in [-0.4, -0.2) is 17.1 Å². The maximum absolute atomic E-state index is 12.4. The molecule has 2 atom stereocenters. The number of rotatable bonds is 5. The van der Waals surface area contributed by atoms with Gasteiger partial charge in [-0.3, -0.25) is 4.79 Å². The molecule has 0 heterocycles. The van der Waals surface area contributed by atoms with Crippen LogP contribution in [0.25, 0.3) is 0 Å². The Morgan fingerprint density at radius 1 is 1.32 bits per heavy atom. The van der Waals surface area contributed by atoms with Gasteiger partial charge < -0.3 is 10.8 Å². The summed E-state index contributed by atoms with van der Waals surface area (Å²) in [6, 6.07) is 4.10. The van der Waals surface area contributed by atoms with Crippen LogP contribution in [0.5, 0.6) is 0 Å². The number of benzene rings is 1. The fourth-order valence-electron chi connectivity index (χ4n) is 1.91. The summed E-state index contributed by atoms with van der Waals surface area (Å²) in [6.45, 7) is 1.81. The second kappa shape index (κ2) is 6.06. The number of alkyl halides is 3. The van der Waals surface area contributed by atoms with Gasteiger partial charge in [0.25, 0.3) is 0 Å². The van der Waals surface area contributed by atoms with Crippen LogP contribution in [-0.2, 0) is 11.0 Å². The lowest BCUT2D eigenvalue weighted by Crippen LogP contribution is -2.29. The lowest BCUT2D eigenvalue weighted by atomic mass is 9.87. The largest absolute Gasteiger partial charge is 0.481 e. The van der Waals surface area contributed by atoms with Crippen molar-refractivity contribution < 1.29 is 23.1 Å². The van der Waals surface area contributed by atoms with E-state index in [1.54, 1.807) is 0 Å². The molecule has 3 nitrogen and oxygen atoms in total. The highest BCUT2D eigenvalue weighted by Gasteiger charge is 2.30. The minimum absolute atomic E-state index is 0.194. The second-order valence-electron chi connectivity index (χ2n) is 4.40. The summed E-state index contributed by atoms with van der Waals surface area (Å²) >= 11 is 0. The average molecular weight is 275 g/mol. The second-order valence-corrected chi connectivity index (χ2v) is 4.40. The normalized spacial score (nSPS) is 15.0. The van der Waals surface area contributed by atoms with Gasteiger partial charge in [0, 0.05) is 12.0 Å². The van der Waals surface area contributed by atoms with Crippen molar-refractivity contribution in [3.05, 3.63) is 35.4 Å². The molecule has 0 bridgehead atoms. The van der Waals surface area contributed by atoms with E-state index < -0.39 is 29.7 Å². The Bertz CT molecular complexity index is 429. The molecule has 3 N–H and O–H groups in total. The molecule has 0 spiro atoms. The van der Waals surface area contributed by atoms with Crippen LogP contribution in [0, 0.1) is 0 Å². The Hall–Kier alpha value is -1.56. The van der Waals surface area contributed by atoms with E-state index in [-0.39, 0.29) is 6.42 Å². The van der Waals surface area contributed by atoms with Gasteiger partial charge in [-0.1, -0.05) is 19.1 Å². The zero-order chi connectivity index (χ0) is 14.6. The zero-order valence-electron chi connectivity index (χ0n) is 10.4. The van der Waals surface area contributed by atoms with Crippen molar-refractivity contribution in [1.82, 2.24) is 0 Å². The molecule has 0 aliphatic rings. The molecule has 6 heteroatoms. The predicted molar refractivity (Wildman–Crippen MR) is 64.7 cm³/mol. The summed E-state index contributed by atoms with van der Waals surface area (Å²) in [5, 5.41) is 8.84. The molecule has 1 rings (SSSR count). The molecule has 2 unspecified atom stereocenters. The molecule has 1 aromatic rings. The molecule has 0 fully saturated rings. The van der Waals surface area contributed by atoms with Crippen LogP contribution >= 0.6 is 0 Å². The van der Waals surface area contributed by atoms with Gasteiger partial charge in [0.05, 0.1) is 12.0 Å². The van der Waals surface area contributed by atoms with E-state index >= 15 is 0 Å². The fourth-order valence-corrected chi connectivity index (χ4v) is 1.91. The quantitative estimate of drug-likeness (QED) is 0.868. The monoisotopic (exact) mass is 275 g/mol. The maximum Gasteiger partial charge on any atom is 0.416 e. The SMILES string of the molecule is CCC(N)C(CC(=O)O)c1ccc(C(F)(F)F)cc1. The highest BCUT2D eigenvalue weighted by Crippen LogP contribution is 2.31. The van der Waals surface area contributed by atoms with Gasteiger partial charge >= 0.3 is 12.1 Å². The highest BCUT2D eigenvalue weighted by atomic mass is 19.4. The number of nitrogens with two attached hydrogens (primary N) is 1. The van der Waals surface area contributed by atoms with Gasteiger partial charge in [-0.2, -0.15) is 13.2 Å². The molecular formula is C13H16F3NO2. The van der Waals surface area contributed by atoms with Crippen molar-refractivity contribution in [2.75, 3.05) is 0 Å². The van der Waals surface area contributed by atoms with E-state index in [0.717, 1.165) is 12.1 Å². The molecule has 1 aromatic carbocycles. The number of carboxylic acids is 1. The Labute approximate surface area is 109 Å². The molecule has 0 amide bonds. The van der Waals surface area contributed by atoms with Crippen molar-refractivity contribution >= 4 is 5.97 Å². The number of halogens is 3. The van der Waals surface area contributed by atoms with Gasteiger partial charge in [-0.15, -0.1) is 0 Å². The van der Waals surface area contributed by atoms with Crippen LogP contribution in [0.1, 0.15) is 36.8 Å². The molecule has 19 heavy (non-hydrogen) atoms. The lowest BCUT2D eigenvalue weighted by Gasteiger charge is -2.22. The summed E-state index contributed by atoms with van der Waals surface area (Å²) < 4.78 is 37.3. The first kappa shape index (κ1) is 15.5. The van der Waals surface area contributed by atoms with Crippen molar-refractivity contribution in [3.8, 4) is 0 Å². The predicted octanol–water partition coefficient (Wildman–Crippen LogP) is 3.00. The molecule has 0 aliphatic carbocycles. The van der Waals surface area contributed by atoms with Crippen LogP contribution in [0.3, 0.4) is 0 Å². The molecule has 0 radical (unpaired) electrons. The standard InChI is InChI=1S/C13H16F3NO2/c1-2-11(17)10(7-12(18)19)8-3-5-9(6-4-8)13(14,15)16/h3-6,10-11H,2,7,17H2,1H3,(H,18,19). The number of aliphatic carboxylic acids is 1. The first-order valence-electron chi connectivity index (χ1n) is 5.90. The van der Waals surface area contributed by atoms with E-state index in [4.69, 9.17) is 10.8 Å². The minimum Gasteiger partial charge on any atom is -0.481 e. The minimum atomic E-state index is -4.40. The average Bonchev–Trinajstić information content (AvgIpc) is 2.34. The Morgan fingerprint density at radius 3 is 2.21 bits per heavy atom. The summed E-state index contributed by atoms with van der Waals surface area (Å²) in [4.78, 5) is 10.8. The number of carboxylic acid groups (broad SMARTS) is 1. The van der Waals surface area contributed by atoms with Gasteiger partial charge in [0.1, 0.15) is 0 Å². The van der Waals surface area contributed by atoms with E-state index in [1.807, 2.05) is 6.92 Å². The third-order valence-electron chi connectivity index (χ3n) is 3.05. The van der Waals surface area contributed by atoms with Crippen molar-refractivity contribution in [3.63, 3.8) is 0 Å². The highest BCUT2D eigenvalue weighted by molar-refractivity contribution is 5.68. The van der Waals surface area contributed by atoms with E-state index in [2.05, 4.69) is 0 Å². The van der Waals surface area contributed by atoms with Gasteiger partial charge in [-0.05, 0) is 24.1 Å². The van der Waals surface area contributed by atoms with Crippen LogP contribution in [0.2, 0.25) is 0 Å². The van der Waals surface area contributed by atoms with Crippen molar-refractivity contribution in [2.24, 2.45) is 5.73 Å². The topological polar surface area (TPSA) is 63.3 Å². The third kappa shape index (κ3) is 4.24. The molecule has 0 saturated carbocycles. The summed E-state index contributed by atoms with van der Waals surface area (Å²) in [6.07, 6.45) is -4.03. The lowest BCUT2D eigenvalue weighted by molar-refractivity contribution is -0.138. The molecule has 0 aliphatic heterocycles. The Balaban J connectivity index is 3.00. The van der Waals surface area contributed by atoms with Crippen LogP contribution in [0.15, 0.2) is 24.3 Å². The summed E-state index contributed by atoms with van der Waals surface area (Å²) in [7, 11) is 0. The molecule has 106 valence electrons. The smallest absolute Gasteiger partial charge is 0.416 e. The number of hydrogen-bond acceptors (Lipinski definition) is 2. The zero-order valence-corrected chi connectivity index (χ0v) is 10.4. The summed E-state index contributed by atoms with van der Waals surface area (Å²) in [5.74, 6) is -1.50. The fraction of sp³-hybridized carbons (Fsp3) is 0.462. The van der Waals surface area contributed by atoms with Crippen LogP contribution < -0.4 is 5.73 Å². The van der Waals surface area contributed by atoms with Gasteiger partial charge in [-0.25, -0.2) is 0 Å². The summed E-state index contributed by atoms with van der Waals surface area (Å²) in [5.41, 5.74) is 5.60. The number of carbonyl (C=O) groups is 1.